The van der Waals surface area contributed by atoms with Crippen LogP contribution in [0.1, 0.15) is 200 Å². The molecule has 2 saturated heterocycles. The fraction of sp³-hybridized carbons (Fsp3) is 0.940. The van der Waals surface area contributed by atoms with Gasteiger partial charge in [-0.3, -0.25) is 4.79 Å². The monoisotopic (exact) mass is 919 g/mol. The van der Waals surface area contributed by atoms with Gasteiger partial charge in [-0.1, -0.05) is 167 Å². The Hall–Kier alpha value is -1.27. The Bertz CT molecular complexity index is 1110. The summed E-state index contributed by atoms with van der Waals surface area (Å²) in [6.07, 6.45) is 22.7. The normalized spacial score (nSPS) is 26.8. The average molecular weight is 919 g/mol. The van der Waals surface area contributed by atoms with E-state index in [1.165, 1.54) is 128 Å². The van der Waals surface area contributed by atoms with Gasteiger partial charge in [-0.2, -0.15) is 0 Å². The minimum Gasteiger partial charge on any atom is -0.457 e. The van der Waals surface area contributed by atoms with Crippen molar-refractivity contribution >= 4 is 5.97 Å². The van der Waals surface area contributed by atoms with E-state index in [2.05, 4.69) is 26.0 Å². The Morgan fingerprint density at radius 1 is 0.500 bits per heavy atom. The van der Waals surface area contributed by atoms with E-state index in [1.54, 1.807) is 0 Å². The molecule has 0 saturated carbocycles. The van der Waals surface area contributed by atoms with E-state index in [4.69, 9.17) is 28.4 Å². The largest absolute Gasteiger partial charge is 0.457 e. The van der Waals surface area contributed by atoms with Crippen LogP contribution in [0.5, 0.6) is 0 Å². The number of carbonyl (C=O) groups is 1. The van der Waals surface area contributed by atoms with E-state index in [-0.39, 0.29) is 25.6 Å². The average Bonchev–Trinajstić information content (AvgIpc) is 3.29. The number of carbonyl (C=O) groups excluding carboxylic acids is 1. The lowest BCUT2D eigenvalue weighted by molar-refractivity contribution is -0.332. The van der Waals surface area contributed by atoms with Crippen LogP contribution in [-0.2, 0) is 33.2 Å². The molecule has 64 heavy (non-hydrogen) atoms. The number of allylic oxidation sites excluding steroid dienone is 2. The second-order valence-corrected chi connectivity index (χ2v) is 18.3. The van der Waals surface area contributed by atoms with Gasteiger partial charge in [-0.05, 0) is 38.5 Å². The van der Waals surface area contributed by atoms with Gasteiger partial charge < -0.3 is 64.2 Å². The number of aliphatic hydroxyl groups excluding tert-OH is 7. The van der Waals surface area contributed by atoms with E-state index in [9.17, 15) is 40.5 Å². The van der Waals surface area contributed by atoms with Crippen LogP contribution in [0.4, 0.5) is 0 Å². The third kappa shape index (κ3) is 26.3. The second kappa shape index (κ2) is 38.7. The molecular formula is C50H94O14. The molecule has 0 spiro atoms. The molecule has 7 N–H and O–H groups in total. The van der Waals surface area contributed by atoms with Gasteiger partial charge in [0.25, 0.3) is 0 Å². The van der Waals surface area contributed by atoms with Gasteiger partial charge in [0.2, 0.25) is 0 Å². The maximum Gasteiger partial charge on any atom is 0.306 e. The van der Waals surface area contributed by atoms with Crippen LogP contribution in [0.25, 0.3) is 0 Å². The maximum absolute atomic E-state index is 13.0. The maximum atomic E-state index is 13.0. The quantitative estimate of drug-likeness (QED) is 0.0180. The highest BCUT2D eigenvalue weighted by Gasteiger charge is 2.47. The molecule has 0 aliphatic carbocycles. The van der Waals surface area contributed by atoms with E-state index in [0.29, 0.717) is 13.0 Å². The molecule has 0 bridgehead atoms. The van der Waals surface area contributed by atoms with E-state index in [0.717, 1.165) is 44.9 Å². The minimum atomic E-state index is -1.70. The van der Waals surface area contributed by atoms with Crippen molar-refractivity contribution in [2.24, 2.45) is 0 Å². The molecule has 0 aromatic heterocycles. The van der Waals surface area contributed by atoms with Gasteiger partial charge in [0.05, 0.1) is 26.4 Å². The summed E-state index contributed by atoms with van der Waals surface area (Å²) in [5.41, 5.74) is 0. The van der Waals surface area contributed by atoms with Crippen molar-refractivity contribution in [1.82, 2.24) is 0 Å². The van der Waals surface area contributed by atoms with Crippen molar-refractivity contribution in [3.63, 3.8) is 0 Å². The van der Waals surface area contributed by atoms with Crippen molar-refractivity contribution in [2.75, 3.05) is 33.0 Å². The first-order chi connectivity index (χ1) is 31.1. The molecule has 2 heterocycles. The zero-order valence-corrected chi connectivity index (χ0v) is 40.0. The predicted octanol–water partition coefficient (Wildman–Crippen LogP) is 7.46. The topological polar surface area (TPSA) is 214 Å². The first-order valence-corrected chi connectivity index (χ1v) is 25.8. The Kier molecular flexibility index (Phi) is 35.6. The number of hydrogen-bond acceptors (Lipinski definition) is 14. The highest BCUT2D eigenvalue weighted by atomic mass is 16.7. The van der Waals surface area contributed by atoms with Crippen molar-refractivity contribution in [2.45, 2.75) is 268 Å². The summed E-state index contributed by atoms with van der Waals surface area (Å²) in [7, 11) is 0. The summed E-state index contributed by atoms with van der Waals surface area (Å²) in [5.74, 6) is -0.376. The van der Waals surface area contributed by atoms with Crippen LogP contribution in [0, 0.1) is 0 Å². The standard InChI is InChI=1S/C50H94O14/c1-3-5-7-9-11-13-15-17-18-19-20-22-24-26-28-30-32-34-59-36-39(62-42(52)33-31-29-27-25-23-21-16-14-12-10-8-6-4-2)37-60-49-48(58)46(56)44(54)41(64-49)38-61-50-47(57)45(55)43(53)40(35-51)63-50/h18-19,39-41,43-51,53-58H,3-17,20-38H2,1-2H3/b19-18-. The molecule has 11 unspecified atom stereocenters. The third-order valence-corrected chi connectivity index (χ3v) is 12.5. The zero-order valence-electron chi connectivity index (χ0n) is 40.0. The molecular weight excluding hydrogens is 825 g/mol. The Morgan fingerprint density at radius 3 is 1.42 bits per heavy atom. The molecule has 14 heteroatoms. The van der Waals surface area contributed by atoms with Gasteiger partial charge in [0.15, 0.2) is 12.6 Å². The minimum absolute atomic E-state index is 0.0627. The Morgan fingerprint density at radius 2 is 0.922 bits per heavy atom. The highest BCUT2D eigenvalue weighted by molar-refractivity contribution is 5.69. The van der Waals surface area contributed by atoms with E-state index >= 15 is 0 Å². The summed E-state index contributed by atoms with van der Waals surface area (Å²) in [6, 6.07) is 0. The summed E-state index contributed by atoms with van der Waals surface area (Å²) >= 11 is 0. The van der Waals surface area contributed by atoms with Crippen LogP contribution >= 0.6 is 0 Å². The molecule has 2 rings (SSSR count). The van der Waals surface area contributed by atoms with Gasteiger partial charge in [-0.25, -0.2) is 0 Å². The number of rotatable bonds is 41. The van der Waals surface area contributed by atoms with Gasteiger partial charge in [-0.15, -0.1) is 0 Å². The summed E-state index contributed by atoms with van der Waals surface area (Å²) in [6.45, 7) is 3.69. The smallest absolute Gasteiger partial charge is 0.306 e. The molecule has 0 aromatic carbocycles. The molecule has 2 aliphatic heterocycles. The lowest BCUT2D eigenvalue weighted by Crippen LogP contribution is -2.61. The Labute approximate surface area is 386 Å². The van der Waals surface area contributed by atoms with E-state index < -0.39 is 80.7 Å². The zero-order chi connectivity index (χ0) is 46.6. The number of hydrogen-bond donors (Lipinski definition) is 7. The van der Waals surface area contributed by atoms with Crippen LogP contribution in [0.15, 0.2) is 12.2 Å². The lowest BCUT2D eigenvalue weighted by atomic mass is 9.98. The van der Waals surface area contributed by atoms with Crippen LogP contribution < -0.4 is 0 Å². The fourth-order valence-corrected chi connectivity index (χ4v) is 8.28. The molecule has 0 radical (unpaired) electrons. The van der Waals surface area contributed by atoms with Crippen molar-refractivity contribution < 1.29 is 69.0 Å². The van der Waals surface area contributed by atoms with Crippen LogP contribution in [-0.4, -0.2) is 142 Å². The number of aliphatic hydroxyl groups is 7. The predicted molar refractivity (Wildman–Crippen MR) is 247 cm³/mol. The fourth-order valence-electron chi connectivity index (χ4n) is 8.28. The van der Waals surface area contributed by atoms with Gasteiger partial charge in [0.1, 0.15) is 54.9 Å². The van der Waals surface area contributed by atoms with Gasteiger partial charge >= 0.3 is 5.97 Å². The summed E-state index contributed by atoms with van der Waals surface area (Å²) in [5, 5.41) is 72.1. The Balaban J connectivity index is 1.77. The van der Waals surface area contributed by atoms with Crippen molar-refractivity contribution in [1.29, 1.82) is 0 Å². The molecule has 14 nitrogen and oxygen atoms in total. The summed E-state index contributed by atoms with van der Waals surface area (Å²) < 4.78 is 34.3. The van der Waals surface area contributed by atoms with Crippen molar-refractivity contribution in [3.05, 3.63) is 12.2 Å². The molecule has 2 aliphatic rings. The van der Waals surface area contributed by atoms with Crippen molar-refractivity contribution in [3.8, 4) is 0 Å². The lowest BCUT2D eigenvalue weighted by Gasteiger charge is -2.42. The summed E-state index contributed by atoms with van der Waals surface area (Å²) in [4.78, 5) is 13.0. The number of esters is 1. The van der Waals surface area contributed by atoms with Crippen LogP contribution in [0.3, 0.4) is 0 Å². The molecule has 378 valence electrons. The SMILES string of the molecule is CCCCCCCCC/C=C\CCCCCCCCOCC(COC1OC(COC2OC(CO)C(O)C(O)C2O)C(O)C(O)C1O)OC(=O)CCCCCCCCCCCCCCC. The van der Waals surface area contributed by atoms with E-state index in [1.807, 2.05) is 0 Å². The third-order valence-electron chi connectivity index (χ3n) is 12.5. The molecule has 0 aromatic rings. The number of ether oxygens (including phenoxy) is 6. The first-order valence-electron chi connectivity index (χ1n) is 25.8. The molecule has 11 atom stereocenters. The first kappa shape index (κ1) is 58.9. The van der Waals surface area contributed by atoms with Crippen LogP contribution in [0.2, 0.25) is 0 Å². The highest BCUT2D eigenvalue weighted by Crippen LogP contribution is 2.26. The van der Waals surface area contributed by atoms with Gasteiger partial charge in [0, 0.05) is 13.0 Å². The molecule has 0 amide bonds. The molecule has 2 fully saturated rings. The second-order valence-electron chi connectivity index (χ2n) is 18.3. The number of unbranched alkanes of at least 4 members (excludes halogenated alkanes) is 25.